The zero-order chi connectivity index (χ0) is 13.1. The molecule has 3 heterocycles. The third kappa shape index (κ3) is 2.71. The normalized spacial score (nSPS) is 18.4. The number of piperazine rings is 1. The number of thiophene rings is 1. The van der Waals surface area contributed by atoms with Crippen LogP contribution in [0.25, 0.3) is 0 Å². The number of nitrogens with one attached hydrogen (secondary N) is 1. The number of pyridine rings is 1. The highest BCUT2D eigenvalue weighted by molar-refractivity contribution is 7.08. The number of nitrogens with zero attached hydrogens (tertiary/aromatic N) is 2. The quantitative estimate of drug-likeness (QED) is 0.931. The number of rotatable bonds is 3. The third-order valence-corrected chi connectivity index (χ3v) is 4.39. The van der Waals surface area contributed by atoms with E-state index in [4.69, 9.17) is 0 Å². The summed E-state index contributed by atoms with van der Waals surface area (Å²) in [5.74, 6) is 0. The summed E-state index contributed by atoms with van der Waals surface area (Å²) < 4.78 is 0. The minimum Gasteiger partial charge on any atom is -0.314 e. The first-order valence-electron chi connectivity index (χ1n) is 6.74. The van der Waals surface area contributed by atoms with Gasteiger partial charge in [-0.15, -0.1) is 0 Å². The maximum Gasteiger partial charge on any atom is 0.0788 e. The molecule has 2 aromatic heterocycles. The second kappa shape index (κ2) is 5.82. The second-order valence-electron chi connectivity index (χ2n) is 4.95. The molecule has 0 aliphatic carbocycles. The van der Waals surface area contributed by atoms with Gasteiger partial charge < -0.3 is 5.32 Å². The molecule has 0 spiro atoms. The Bertz CT molecular complexity index is 518. The summed E-state index contributed by atoms with van der Waals surface area (Å²) in [7, 11) is 0. The molecule has 1 fully saturated rings. The van der Waals surface area contributed by atoms with Gasteiger partial charge in [-0.2, -0.15) is 11.3 Å². The molecular formula is C15H19N3S. The first-order valence-corrected chi connectivity index (χ1v) is 7.69. The fourth-order valence-electron chi connectivity index (χ4n) is 2.70. The Kier molecular flexibility index (Phi) is 3.92. The molecule has 19 heavy (non-hydrogen) atoms. The molecule has 1 aliphatic heterocycles. The van der Waals surface area contributed by atoms with Crippen LogP contribution in [0.1, 0.15) is 22.9 Å². The van der Waals surface area contributed by atoms with Crippen LogP contribution < -0.4 is 5.32 Å². The van der Waals surface area contributed by atoms with Crippen molar-refractivity contribution in [2.45, 2.75) is 13.0 Å². The predicted octanol–water partition coefficient (Wildman–Crippen LogP) is 2.45. The maximum absolute atomic E-state index is 4.65. The van der Waals surface area contributed by atoms with Gasteiger partial charge in [0.15, 0.2) is 0 Å². The lowest BCUT2D eigenvalue weighted by atomic mass is 10.00. The molecule has 0 amide bonds. The minimum atomic E-state index is 0.301. The van der Waals surface area contributed by atoms with Crippen molar-refractivity contribution in [3.05, 3.63) is 52.0 Å². The summed E-state index contributed by atoms with van der Waals surface area (Å²) in [5.41, 5.74) is 3.84. The first-order chi connectivity index (χ1) is 9.36. The molecule has 1 atom stereocenters. The molecule has 3 nitrogen and oxygen atoms in total. The van der Waals surface area contributed by atoms with Crippen LogP contribution in [0.4, 0.5) is 0 Å². The number of hydrogen-bond donors (Lipinski definition) is 1. The van der Waals surface area contributed by atoms with Crippen molar-refractivity contribution in [3.8, 4) is 0 Å². The van der Waals surface area contributed by atoms with Gasteiger partial charge in [-0.3, -0.25) is 9.88 Å². The van der Waals surface area contributed by atoms with Gasteiger partial charge in [0.1, 0.15) is 0 Å². The van der Waals surface area contributed by atoms with E-state index in [2.05, 4.69) is 45.0 Å². The van der Waals surface area contributed by atoms with Gasteiger partial charge in [0.25, 0.3) is 0 Å². The van der Waals surface area contributed by atoms with E-state index in [1.807, 2.05) is 12.3 Å². The molecule has 1 saturated heterocycles. The van der Waals surface area contributed by atoms with E-state index in [0.717, 1.165) is 26.2 Å². The molecule has 0 radical (unpaired) electrons. The number of aromatic nitrogens is 1. The summed E-state index contributed by atoms with van der Waals surface area (Å²) in [6.07, 6.45) is 1.91. The summed E-state index contributed by atoms with van der Waals surface area (Å²) in [6, 6.07) is 6.70. The summed E-state index contributed by atoms with van der Waals surface area (Å²) in [6.45, 7) is 6.44. The first kappa shape index (κ1) is 12.8. The zero-order valence-electron chi connectivity index (χ0n) is 11.2. The van der Waals surface area contributed by atoms with Crippen LogP contribution in [-0.4, -0.2) is 36.1 Å². The molecular weight excluding hydrogens is 254 g/mol. The zero-order valence-corrected chi connectivity index (χ0v) is 12.0. The fourth-order valence-corrected chi connectivity index (χ4v) is 3.38. The SMILES string of the molecule is Cc1cccnc1C(c1ccsc1)N1CCNCC1. The summed E-state index contributed by atoms with van der Waals surface area (Å²) in [5, 5.41) is 7.83. The Morgan fingerprint density at radius 1 is 1.32 bits per heavy atom. The lowest BCUT2D eigenvalue weighted by molar-refractivity contribution is 0.195. The van der Waals surface area contributed by atoms with Gasteiger partial charge in [0.05, 0.1) is 11.7 Å². The Labute approximate surface area is 118 Å². The van der Waals surface area contributed by atoms with Crippen LogP contribution in [0.15, 0.2) is 35.2 Å². The van der Waals surface area contributed by atoms with Crippen molar-refractivity contribution < 1.29 is 0 Å². The van der Waals surface area contributed by atoms with Crippen molar-refractivity contribution in [1.29, 1.82) is 0 Å². The standard InChI is InChI=1S/C15H19N3S/c1-12-3-2-5-17-14(12)15(13-4-10-19-11-13)18-8-6-16-7-9-18/h2-5,10-11,15-16H,6-9H2,1H3. The van der Waals surface area contributed by atoms with Crippen molar-refractivity contribution in [3.63, 3.8) is 0 Å². The largest absolute Gasteiger partial charge is 0.314 e. The second-order valence-corrected chi connectivity index (χ2v) is 5.73. The predicted molar refractivity (Wildman–Crippen MR) is 79.6 cm³/mol. The monoisotopic (exact) mass is 273 g/mol. The van der Waals surface area contributed by atoms with Crippen molar-refractivity contribution in [1.82, 2.24) is 15.2 Å². The van der Waals surface area contributed by atoms with Crippen LogP contribution in [0.5, 0.6) is 0 Å². The van der Waals surface area contributed by atoms with Crippen LogP contribution in [0.2, 0.25) is 0 Å². The lowest BCUT2D eigenvalue weighted by Crippen LogP contribution is -2.45. The summed E-state index contributed by atoms with van der Waals surface area (Å²) >= 11 is 1.76. The van der Waals surface area contributed by atoms with Crippen molar-refractivity contribution in [2.75, 3.05) is 26.2 Å². The molecule has 100 valence electrons. The van der Waals surface area contributed by atoms with Gasteiger partial charge in [0, 0.05) is 32.4 Å². The molecule has 0 saturated carbocycles. The van der Waals surface area contributed by atoms with E-state index in [0.29, 0.717) is 6.04 Å². The van der Waals surface area contributed by atoms with E-state index in [1.54, 1.807) is 11.3 Å². The van der Waals surface area contributed by atoms with Gasteiger partial charge >= 0.3 is 0 Å². The lowest BCUT2D eigenvalue weighted by Gasteiger charge is -2.35. The van der Waals surface area contributed by atoms with Gasteiger partial charge in [-0.1, -0.05) is 6.07 Å². The van der Waals surface area contributed by atoms with Gasteiger partial charge in [-0.05, 0) is 40.9 Å². The number of aryl methyl sites for hydroxylation is 1. The van der Waals surface area contributed by atoms with Crippen LogP contribution in [0.3, 0.4) is 0 Å². The fraction of sp³-hybridized carbons (Fsp3) is 0.400. The smallest absolute Gasteiger partial charge is 0.0788 e. The van der Waals surface area contributed by atoms with Crippen molar-refractivity contribution in [2.24, 2.45) is 0 Å². The Hall–Kier alpha value is -1.23. The molecule has 1 N–H and O–H groups in total. The molecule has 0 bridgehead atoms. The average Bonchev–Trinajstić information content (AvgIpc) is 2.96. The van der Waals surface area contributed by atoms with Crippen molar-refractivity contribution >= 4 is 11.3 Å². The maximum atomic E-state index is 4.65. The molecule has 2 aromatic rings. The Balaban J connectivity index is 1.99. The third-order valence-electron chi connectivity index (χ3n) is 3.68. The van der Waals surface area contributed by atoms with E-state index in [-0.39, 0.29) is 0 Å². The number of hydrogen-bond acceptors (Lipinski definition) is 4. The Morgan fingerprint density at radius 2 is 2.16 bits per heavy atom. The molecule has 0 aromatic carbocycles. The van der Waals surface area contributed by atoms with Crippen LogP contribution in [-0.2, 0) is 0 Å². The molecule has 4 heteroatoms. The van der Waals surface area contributed by atoms with Crippen LogP contribution >= 0.6 is 11.3 Å². The van der Waals surface area contributed by atoms with E-state index < -0.39 is 0 Å². The Morgan fingerprint density at radius 3 is 2.84 bits per heavy atom. The van der Waals surface area contributed by atoms with Gasteiger partial charge in [0.2, 0.25) is 0 Å². The highest BCUT2D eigenvalue weighted by Crippen LogP contribution is 2.30. The topological polar surface area (TPSA) is 28.2 Å². The summed E-state index contributed by atoms with van der Waals surface area (Å²) in [4.78, 5) is 7.19. The molecule has 3 rings (SSSR count). The van der Waals surface area contributed by atoms with E-state index >= 15 is 0 Å². The molecule has 1 unspecified atom stereocenters. The van der Waals surface area contributed by atoms with E-state index in [9.17, 15) is 0 Å². The highest BCUT2D eigenvalue weighted by atomic mass is 32.1. The van der Waals surface area contributed by atoms with Crippen LogP contribution in [0, 0.1) is 6.92 Å². The minimum absolute atomic E-state index is 0.301. The average molecular weight is 273 g/mol. The van der Waals surface area contributed by atoms with Gasteiger partial charge in [-0.25, -0.2) is 0 Å². The van der Waals surface area contributed by atoms with E-state index in [1.165, 1.54) is 16.8 Å². The highest BCUT2D eigenvalue weighted by Gasteiger charge is 2.26. The molecule has 1 aliphatic rings.